The first-order valence-corrected chi connectivity index (χ1v) is 12.6. The quantitative estimate of drug-likeness (QED) is 0.269. The summed E-state index contributed by atoms with van der Waals surface area (Å²) < 4.78 is 0. The fraction of sp³-hybridized carbons (Fsp3) is 0.242. The van der Waals surface area contributed by atoms with Crippen LogP contribution in [0, 0.1) is 20.8 Å². The van der Waals surface area contributed by atoms with Gasteiger partial charge in [0.2, 0.25) is 5.91 Å². The van der Waals surface area contributed by atoms with Crippen molar-refractivity contribution in [1.29, 1.82) is 0 Å². The number of para-hydroxylation sites is 3. The number of amides is 1. The van der Waals surface area contributed by atoms with Gasteiger partial charge in [0, 0.05) is 19.5 Å². The van der Waals surface area contributed by atoms with Gasteiger partial charge in [0.25, 0.3) is 0 Å². The number of carbonyl (C=O) groups excluding carboxylic acids is 1. The number of allylic oxidation sites excluding steroid dienone is 1. The summed E-state index contributed by atoms with van der Waals surface area (Å²) in [4.78, 5) is 13.6. The van der Waals surface area contributed by atoms with E-state index in [0.29, 0.717) is 37.4 Å². The Bertz CT molecular complexity index is 1170. The number of hydrogen-bond donors (Lipinski definition) is 3. The maximum absolute atomic E-state index is 12.0. The van der Waals surface area contributed by atoms with Gasteiger partial charge in [-0.3, -0.25) is 4.79 Å². The average Bonchev–Trinajstić information content (AvgIpc) is 2.90. The van der Waals surface area contributed by atoms with E-state index in [1.54, 1.807) is 35.3 Å². The Labute approximate surface area is 227 Å². The van der Waals surface area contributed by atoms with Gasteiger partial charge in [0.1, 0.15) is 17.2 Å². The molecule has 0 saturated heterocycles. The smallest absolute Gasteiger partial charge is 0.223 e. The molecule has 5 nitrogen and oxygen atoms in total. The summed E-state index contributed by atoms with van der Waals surface area (Å²) in [7, 11) is 0. The van der Waals surface area contributed by atoms with Gasteiger partial charge in [-0.2, -0.15) is 0 Å². The van der Waals surface area contributed by atoms with Crippen molar-refractivity contribution in [2.24, 2.45) is 0 Å². The molecule has 3 rings (SSSR count). The lowest BCUT2D eigenvalue weighted by Gasteiger charge is -2.19. The molecule has 0 heterocycles. The van der Waals surface area contributed by atoms with Crippen LogP contribution >= 0.6 is 0 Å². The number of hydrogen-bond acceptors (Lipinski definition) is 4. The summed E-state index contributed by atoms with van der Waals surface area (Å²) in [5.74, 6) is 1.09. The molecule has 0 fully saturated rings. The van der Waals surface area contributed by atoms with Gasteiger partial charge >= 0.3 is 0 Å². The number of benzene rings is 3. The molecule has 202 valence electrons. The molecule has 0 spiro atoms. The van der Waals surface area contributed by atoms with Gasteiger partial charge in [0.15, 0.2) is 0 Å². The van der Waals surface area contributed by atoms with Crippen LogP contribution in [0.2, 0.25) is 0 Å². The molecule has 0 atom stereocenters. The van der Waals surface area contributed by atoms with Gasteiger partial charge < -0.3 is 20.2 Å². The van der Waals surface area contributed by atoms with Crippen LogP contribution < -0.4 is 0 Å². The fourth-order valence-corrected chi connectivity index (χ4v) is 3.56. The van der Waals surface area contributed by atoms with Crippen molar-refractivity contribution in [2.75, 3.05) is 13.1 Å². The maximum atomic E-state index is 12.0. The largest absolute Gasteiger partial charge is 0.508 e. The van der Waals surface area contributed by atoms with Gasteiger partial charge in [-0.1, -0.05) is 72.8 Å². The third-order valence-electron chi connectivity index (χ3n) is 5.78. The van der Waals surface area contributed by atoms with Crippen LogP contribution in [-0.4, -0.2) is 39.2 Å². The van der Waals surface area contributed by atoms with Crippen molar-refractivity contribution in [2.45, 2.75) is 40.0 Å². The number of nitrogens with zero attached hydrogens (tertiary/aromatic N) is 1. The molecule has 0 aliphatic carbocycles. The molecule has 0 saturated carbocycles. The van der Waals surface area contributed by atoms with Crippen molar-refractivity contribution in [3.8, 4) is 17.2 Å². The number of aryl methyl sites for hydroxylation is 4. The summed E-state index contributed by atoms with van der Waals surface area (Å²) in [5.41, 5.74) is 4.54. The molecular weight excluding hydrogens is 474 g/mol. The van der Waals surface area contributed by atoms with E-state index in [1.807, 2.05) is 69.3 Å². The van der Waals surface area contributed by atoms with E-state index < -0.39 is 0 Å². The summed E-state index contributed by atoms with van der Waals surface area (Å²) in [6.07, 6.45) is 6.82. The van der Waals surface area contributed by atoms with Crippen LogP contribution in [-0.2, 0) is 17.6 Å². The topological polar surface area (TPSA) is 81.0 Å². The molecule has 3 N–H and O–H groups in total. The van der Waals surface area contributed by atoms with Gasteiger partial charge in [-0.25, -0.2) is 0 Å². The average molecular weight is 516 g/mol. The van der Waals surface area contributed by atoms with Crippen molar-refractivity contribution < 1.29 is 20.1 Å². The first-order valence-electron chi connectivity index (χ1n) is 12.6. The van der Waals surface area contributed by atoms with Crippen LogP contribution in [0.5, 0.6) is 17.2 Å². The third-order valence-corrected chi connectivity index (χ3v) is 5.78. The molecule has 5 heteroatoms. The minimum atomic E-state index is 0.0399. The fourth-order valence-electron chi connectivity index (χ4n) is 3.56. The normalized spacial score (nSPS) is 9.66. The Balaban J connectivity index is 0.000000307. The predicted octanol–water partition coefficient (Wildman–Crippen LogP) is 6.96. The first-order chi connectivity index (χ1) is 18.2. The van der Waals surface area contributed by atoms with Gasteiger partial charge in [-0.15, -0.1) is 19.7 Å². The lowest BCUT2D eigenvalue weighted by molar-refractivity contribution is -0.130. The Kier molecular flexibility index (Phi) is 14.4. The molecule has 0 aliphatic rings. The zero-order chi connectivity index (χ0) is 28.5. The van der Waals surface area contributed by atoms with Crippen LogP contribution in [0.1, 0.15) is 34.2 Å². The lowest BCUT2D eigenvalue weighted by Crippen LogP contribution is -2.31. The summed E-state index contributed by atoms with van der Waals surface area (Å²) in [6.45, 7) is 17.6. The summed E-state index contributed by atoms with van der Waals surface area (Å²) in [6, 6.07) is 18.5. The van der Waals surface area contributed by atoms with E-state index in [4.69, 9.17) is 0 Å². The SMILES string of the molecule is C=CCN(CC=C)C(=O)CCc1ccccc1O.C=CCc1cccc(C)c1O.Cc1cccc(C)c1O. The molecule has 0 aromatic heterocycles. The first kappa shape index (κ1) is 31.8. The van der Waals surface area contributed by atoms with E-state index in [1.165, 1.54) is 0 Å². The van der Waals surface area contributed by atoms with E-state index in [-0.39, 0.29) is 11.7 Å². The summed E-state index contributed by atoms with van der Waals surface area (Å²) in [5, 5.41) is 28.3. The van der Waals surface area contributed by atoms with E-state index in [9.17, 15) is 20.1 Å². The monoisotopic (exact) mass is 515 g/mol. The number of phenols is 3. The maximum Gasteiger partial charge on any atom is 0.223 e. The van der Waals surface area contributed by atoms with Crippen molar-refractivity contribution >= 4 is 5.91 Å². The third kappa shape index (κ3) is 10.8. The van der Waals surface area contributed by atoms with Crippen molar-refractivity contribution in [1.82, 2.24) is 4.90 Å². The van der Waals surface area contributed by atoms with E-state index in [2.05, 4.69) is 19.7 Å². The minimum Gasteiger partial charge on any atom is -0.508 e. The second-order valence-corrected chi connectivity index (χ2v) is 8.82. The van der Waals surface area contributed by atoms with Crippen LogP contribution in [0.15, 0.2) is 98.6 Å². The standard InChI is InChI=1S/C15H19NO2.C10H12O.C8H10O/c1-3-11-16(12-4-2)15(18)10-9-13-7-5-6-8-14(13)17;1-3-5-9-7-4-6-8(2)10(9)11;1-6-4-3-5-7(2)8(6)9/h3-8,17H,1-2,9-12H2;3-4,6-7,11H,1,5H2,2H3;3-5,9H,1-2H3. The minimum absolute atomic E-state index is 0.0399. The molecule has 3 aromatic carbocycles. The van der Waals surface area contributed by atoms with E-state index >= 15 is 0 Å². The highest BCUT2D eigenvalue weighted by molar-refractivity contribution is 5.76. The Morgan fingerprint density at radius 2 is 1.21 bits per heavy atom. The molecule has 1 amide bonds. The number of aromatic hydroxyl groups is 3. The Morgan fingerprint density at radius 1 is 0.711 bits per heavy atom. The highest BCUT2D eigenvalue weighted by atomic mass is 16.3. The summed E-state index contributed by atoms with van der Waals surface area (Å²) >= 11 is 0. The molecule has 0 radical (unpaired) electrons. The van der Waals surface area contributed by atoms with Crippen molar-refractivity contribution in [3.05, 3.63) is 126 Å². The number of rotatable bonds is 9. The van der Waals surface area contributed by atoms with Crippen molar-refractivity contribution in [3.63, 3.8) is 0 Å². The van der Waals surface area contributed by atoms with Crippen LogP contribution in [0.25, 0.3) is 0 Å². The zero-order valence-electron chi connectivity index (χ0n) is 22.9. The number of carbonyl (C=O) groups is 1. The van der Waals surface area contributed by atoms with Gasteiger partial charge in [0.05, 0.1) is 0 Å². The molecule has 0 unspecified atom stereocenters. The lowest BCUT2D eigenvalue weighted by atomic mass is 10.1. The Morgan fingerprint density at radius 3 is 1.71 bits per heavy atom. The zero-order valence-corrected chi connectivity index (χ0v) is 22.9. The molecule has 0 bridgehead atoms. The highest BCUT2D eigenvalue weighted by Crippen LogP contribution is 2.22. The highest BCUT2D eigenvalue weighted by Gasteiger charge is 2.11. The second kappa shape index (κ2) is 17.2. The number of phenolic OH excluding ortho intramolecular Hbond substituents is 3. The second-order valence-electron chi connectivity index (χ2n) is 8.82. The molecular formula is C33H41NO4. The molecule has 38 heavy (non-hydrogen) atoms. The Hall–Kier alpha value is -4.25. The molecule has 3 aromatic rings. The van der Waals surface area contributed by atoms with E-state index in [0.717, 1.165) is 34.2 Å². The predicted molar refractivity (Wildman–Crippen MR) is 158 cm³/mol. The van der Waals surface area contributed by atoms with Gasteiger partial charge in [-0.05, 0) is 67.5 Å². The molecule has 0 aliphatic heterocycles. The van der Waals surface area contributed by atoms with Crippen LogP contribution in [0.3, 0.4) is 0 Å². The van der Waals surface area contributed by atoms with Crippen LogP contribution in [0.4, 0.5) is 0 Å².